The zero-order valence-corrected chi connectivity index (χ0v) is 10.3. The van der Waals surface area contributed by atoms with E-state index < -0.39 is 0 Å². The summed E-state index contributed by atoms with van der Waals surface area (Å²) in [5.74, 6) is 0.665. The summed E-state index contributed by atoms with van der Waals surface area (Å²) in [5.41, 5.74) is 1.29. The van der Waals surface area contributed by atoms with Gasteiger partial charge >= 0.3 is 0 Å². The molecule has 1 unspecified atom stereocenters. The fourth-order valence-corrected chi connectivity index (χ4v) is 2.40. The SMILES string of the molecule is OCCC1CCN(c2ccc(Br)cc2)C1. The molecule has 1 aliphatic heterocycles. The third-order valence-electron chi connectivity index (χ3n) is 3.01. The first-order valence-electron chi connectivity index (χ1n) is 5.41. The van der Waals surface area contributed by atoms with Crippen LogP contribution in [0.25, 0.3) is 0 Å². The molecule has 0 radical (unpaired) electrons. The van der Waals surface area contributed by atoms with Gasteiger partial charge in [-0.15, -0.1) is 0 Å². The number of hydrogen-bond acceptors (Lipinski definition) is 2. The molecular formula is C12H16BrNO. The van der Waals surface area contributed by atoms with Crippen molar-refractivity contribution in [1.29, 1.82) is 0 Å². The summed E-state index contributed by atoms with van der Waals surface area (Å²) in [7, 11) is 0. The number of halogens is 1. The monoisotopic (exact) mass is 269 g/mol. The Morgan fingerprint density at radius 2 is 2.07 bits per heavy atom. The summed E-state index contributed by atoms with van der Waals surface area (Å²) < 4.78 is 1.12. The molecule has 0 spiro atoms. The molecule has 1 fully saturated rings. The van der Waals surface area contributed by atoms with Gasteiger partial charge in [0.25, 0.3) is 0 Å². The molecule has 1 N–H and O–H groups in total. The molecule has 1 aliphatic rings. The highest BCUT2D eigenvalue weighted by Gasteiger charge is 2.21. The van der Waals surface area contributed by atoms with Gasteiger partial charge in [0.15, 0.2) is 0 Å². The summed E-state index contributed by atoms with van der Waals surface area (Å²) in [6, 6.07) is 8.44. The van der Waals surface area contributed by atoms with Crippen molar-refractivity contribution in [2.75, 3.05) is 24.6 Å². The van der Waals surface area contributed by atoms with Gasteiger partial charge in [0, 0.05) is 29.9 Å². The first-order valence-corrected chi connectivity index (χ1v) is 6.20. The Labute approximate surface area is 99.0 Å². The van der Waals surface area contributed by atoms with Gasteiger partial charge in [-0.1, -0.05) is 15.9 Å². The van der Waals surface area contributed by atoms with E-state index in [0.29, 0.717) is 12.5 Å². The molecule has 82 valence electrons. The Balaban J connectivity index is 1.98. The second-order valence-electron chi connectivity index (χ2n) is 4.09. The molecule has 0 saturated carbocycles. The standard InChI is InChI=1S/C12H16BrNO/c13-11-1-3-12(4-2-11)14-7-5-10(9-14)6-8-15/h1-4,10,15H,5-9H2. The van der Waals surface area contributed by atoms with Crippen molar-refractivity contribution in [2.24, 2.45) is 5.92 Å². The largest absolute Gasteiger partial charge is 0.396 e. The van der Waals surface area contributed by atoms with Crippen molar-refractivity contribution in [3.8, 4) is 0 Å². The first-order chi connectivity index (χ1) is 7.29. The smallest absolute Gasteiger partial charge is 0.0434 e. The minimum atomic E-state index is 0.318. The van der Waals surface area contributed by atoms with Crippen molar-refractivity contribution in [1.82, 2.24) is 0 Å². The average Bonchev–Trinajstić information content (AvgIpc) is 2.68. The van der Waals surface area contributed by atoms with Crippen LogP contribution in [0.4, 0.5) is 5.69 Å². The van der Waals surface area contributed by atoms with Crippen molar-refractivity contribution >= 4 is 21.6 Å². The fraction of sp³-hybridized carbons (Fsp3) is 0.500. The van der Waals surface area contributed by atoms with Gasteiger partial charge in [0.1, 0.15) is 0 Å². The number of rotatable bonds is 3. The lowest BCUT2D eigenvalue weighted by Gasteiger charge is -2.18. The van der Waals surface area contributed by atoms with Crippen LogP contribution in [0, 0.1) is 5.92 Å². The molecule has 2 nitrogen and oxygen atoms in total. The van der Waals surface area contributed by atoms with Crippen molar-refractivity contribution in [3.05, 3.63) is 28.7 Å². The molecule has 1 aromatic carbocycles. The van der Waals surface area contributed by atoms with E-state index in [2.05, 4.69) is 45.1 Å². The highest BCUT2D eigenvalue weighted by Crippen LogP contribution is 2.26. The minimum Gasteiger partial charge on any atom is -0.396 e. The van der Waals surface area contributed by atoms with E-state index in [-0.39, 0.29) is 0 Å². The topological polar surface area (TPSA) is 23.5 Å². The minimum absolute atomic E-state index is 0.318. The van der Waals surface area contributed by atoms with Crippen LogP contribution in [0.3, 0.4) is 0 Å². The molecule has 0 aromatic heterocycles. The van der Waals surface area contributed by atoms with Gasteiger partial charge < -0.3 is 10.0 Å². The van der Waals surface area contributed by atoms with Gasteiger partial charge in [0.2, 0.25) is 0 Å². The second kappa shape index (κ2) is 4.99. The maximum atomic E-state index is 8.90. The molecule has 0 aliphatic carbocycles. The Bertz CT molecular complexity index is 312. The molecule has 0 amide bonds. The van der Waals surface area contributed by atoms with Gasteiger partial charge in [0.05, 0.1) is 0 Å². The summed E-state index contributed by atoms with van der Waals surface area (Å²) >= 11 is 3.44. The zero-order valence-electron chi connectivity index (χ0n) is 8.69. The van der Waals surface area contributed by atoms with Crippen LogP contribution < -0.4 is 4.90 Å². The number of benzene rings is 1. The van der Waals surface area contributed by atoms with E-state index in [4.69, 9.17) is 5.11 Å². The van der Waals surface area contributed by atoms with Crippen LogP contribution in [0.15, 0.2) is 28.7 Å². The molecule has 0 bridgehead atoms. The van der Waals surface area contributed by atoms with E-state index in [9.17, 15) is 0 Å². The third-order valence-corrected chi connectivity index (χ3v) is 3.54. The van der Waals surface area contributed by atoms with E-state index in [0.717, 1.165) is 24.0 Å². The zero-order chi connectivity index (χ0) is 10.7. The van der Waals surface area contributed by atoms with Gasteiger partial charge in [-0.05, 0) is 43.0 Å². The molecule has 1 aromatic rings. The van der Waals surface area contributed by atoms with Crippen molar-refractivity contribution < 1.29 is 5.11 Å². The predicted molar refractivity (Wildman–Crippen MR) is 66.2 cm³/mol. The van der Waals surface area contributed by atoms with Crippen LogP contribution in [0.5, 0.6) is 0 Å². The maximum Gasteiger partial charge on any atom is 0.0434 e. The average molecular weight is 270 g/mol. The van der Waals surface area contributed by atoms with Crippen molar-refractivity contribution in [3.63, 3.8) is 0 Å². The Kier molecular flexibility index (Phi) is 3.65. The first kappa shape index (κ1) is 11.0. The van der Waals surface area contributed by atoms with E-state index in [1.54, 1.807) is 0 Å². The molecule has 2 rings (SSSR count). The summed E-state index contributed by atoms with van der Waals surface area (Å²) in [6.45, 7) is 2.52. The Hall–Kier alpha value is -0.540. The fourth-order valence-electron chi connectivity index (χ4n) is 2.14. The molecule has 1 saturated heterocycles. The van der Waals surface area contributed by atoms with Gasteiger partial charge in [-0.3, -0.25) is 0 Å². The quantitative estimate of drug-likeness (QED) is 0.912. The van der Waals surface area contributed by atoms with E-state index in [1.165, 1.54) is 12.1 Å². The summed E-state index contributed by atoms with van der Waals surface area (Å²) in [5, 5.41) is 8.90. The number of aliphatic hydroxyl groups excluding tert-OH is 1. The third kappa shape index (κ3) is 2.73. The lowest BCUT2D eigenvalue weighted by atomic mass is 10.1. The summed E-state index contributed by atoms with van der Waals surface area (Å²) in [6.07, 6.45) is 2.14. The Morgan fingerprint density at radius 3 is 2.73 bits per heavy atom. The molecule has 1 atom stereocenters. The second-order valence-corrected chi connectivity index (χ2v) is 5.01. The van der Waals surface area contributed by atoms with Crippen LogP contribution >= 0.6 is 15.9 Å². The van der Waals surface area contributed by atoms with E-state index in [1.807, 2.05) is 0 Å². The molecule has 3 heteroatoms. The number of anilines is 1. The molecular weight excluding hydrogens is 254 g/mol. The highest BCUT2D eigenvalue weighted by molar-refractivity contribution is 9.10. The molecule has 1 heterocycles. The highest BCUT2D eigenvalue weighted by atomic mass is 79.9. The van der Waals surface area contributed by atoms with E-state index >= 15 is 0 Å². The lowest BCUT2D eigenvalue weighted by Crippen LogP contribution is -2.19. The normalized spacial score (nSPS) is 20.9. The lowest BCUT2D eigenvalue weighted by molar-refractivity contribution is 0.263. The molecule has 15 heavy (non-hydrogen) atoms. The van der Waals surface area contributed by atoms with Crippen LogP contribution in [0.1, 0.15) is 12.8 Å². The Morgan fingerprint density at radius 1 is 1.33 bits per heavy atom. The summed E-state index contributed by atoms with van der Waals surface area (Å²) in [4.78, 5) is 2.40. The number of aliphatic hydroxyl groups is 1. The van der Waals surface area contributed by atoms with Crippen LogP contribution in [-0.2, 0) is 0 Å². The van der Waals surface area contributed by atoms with Crippen LogP contribution in [0.2, 0.25) is 0 Å². The van der Waals surface area contributed by atoms with Gasteiger partial charge in [-0.25, -0.2) is 0 Å². The number of nitrogens with zero attached hydrogens (tertiary/aromatic N) is 1. The van der Waals surface area contributed by atoms with Gasteiger partial charge in [-0.2, -0.15) is 0 Å². The van der Waals surface area contributed by atoms with Crippen LogP contribution in [-0.4, -0.2) is 24.8 Å². The predicted octanol–water partition coefficient (Wildman–Crippen LogP) is 2.66. The maximum absolute atomic E-state index is 8.90. The number of hydrogen-bond donors (Lipinski definition) is 1. The van der Waals surface area contributed by atoms with Crippen molar-refractivity contribution in [2.45, 2.75) is 12.8 Å².